The second-order valence-corrected chi connectivity index (χ2v) is 9.75. The molecule has 0 radical (unpaired) electrons. The number of carbonyl (C=O) groups is 2. The lowest BCUT2D eigenvalue weighted by Gasteiger charge is -2.24. The van der Waals surface area contributed by atoms with Gasteiger partial charge >= 0.3 is 12.1 Å². The number of carbonyl (C=O) groups excluding carboxylic acids is 1. The topological polar surface area (TPSA) is 76.1 Å². The van der Waals surface area contributed by atoms with Crippen LogP contribution in [-0.4, -0.2) is 33.2 Å². The van der Waals surface area contributed by atoms with Crippen molar-refractivity contribution >= 4 is 64.2 Å². The molecule has 0 bridgehead atoms. The van der Waals surface area contributed by atoms with Gasteiger partial charge in [0.05, 0.1) is 6.54 Å². The van der Waals surface area contributed by atoms with Crippen molar-refractivity contribution in [3.63, 3.8) is 0 Å². The SMILES string of the molecule is CC(C)(Oc1ccc(CN(C(=O)OCC(Cl)(Cl)Cl)c2ccc(Cl)cc2)cc1)C(=O)O. The molecule has 2 aromatic rings. The zero-order chi connectivity index (χ0) is 22.5. The van der Waals surface area contributed by atoms with E-state index in [1.807, 2.05) is 0 Å². The van der Waals surface area contributed by atoms with Gasteiger partial charge in [-0.05, 0) is 55.8 Å². The minimum absolute atomic E-state index is 0.142. The fourth-order valence-corrected chi connectivity index (χ4v) is 2.58. The maximum Gasteiger partial charge on any atom is 0.414 e. The molecule has 0 aliphatic carbocycles. The molecule has 0 atom stereocenters. The van der Waals surface area contributed by atoms with Gasteiger partial charge < -0.3 is 14.6 Å². The number of anilines is 1. The van der Waals surface area contributed by atoms with E-state index >= 15 is 0 Å². The molecule has 6 nitrogen and oxygen atoms in total. The van der Waals surface area contributed by atoms with Crippen LogP contribution in [0, 0.1) is 0 Å². The summed E-state index contributed by atoms with van der Waals surface area (Å²) in [6, 6.07) is 13.2. The number of carboxylic acid groups (broad SMARTS) is 1. The van der Waals surface area contributed by atoms with Crippen LogP contribution in [0.15, 0.2) is 48.5 Å². The molecule has 162 valence electrons. The Kier molecular flexibility index (Phi) is 8.11. The first-order valence-corrected chi connectivity index (χ1v) is 10.2. The lowest BCUT2D eigenvalue weighted by molar-refractivity contribution is -0.152. The number of aliphatic carboxylic acids is 1. The van der Waals surface area contributed by atoms with Crippen molar-refractivity contribution in [1.82, 2.24) is 0 Å². The van der Waals surface area contributed by atoms with Gasteiger partial charge in [0.15, 0.2) is 5.60 Å². The van der Waals surface area contributed by atoms with Gasteiger partial charge in [-0.25, -0.2) is 9.59 Å². The first-order chi connectivity index (χ1) is 13.9. The average molecular weight is 495 g/mol. The predicted octanol–water partition coefficient (Wildman–Crippen LogP) is 6.10. The highest BCUT2D eigenvalue weighted by Crippen LogP contribution is 2.28. The second-order valence-electron chi connectivity index (χ2n) is 6.79. The Labute approximate surface area is 194 Å². The molecule has 30 heavy (non-hydrogen) atoms. The van der Waals surface area contributed by atoms with Gasteiger partial charge in [-0.3, -0.25) is 4.90 Å². The highest BCUT2D eigenvalue weighted by atomic mass is 35.6. The van der Waals surface area contributed by atoms with E-state index in [2.05, 4.69) is 0 Å². The molecule has 0 spiro atoms. The van der Waals surface area contributed by atoms with Gasteiger partial charge in [0.1, 0.15) is 12.4 Å². The van der Waals surface area contributed by atoms with Crippen molar-refractivity contribution in [2.45, 2.75) is 29.8 Å². The largest absolute Gasteiger partial charge is 0.478 e. The molecule has 2 rings (SSSR count). The fourth-order valence-electron chi connectivity index (χ4n) is 2.29. The first-order valence-electron chi connectivity index (χ1n) is 8.65. The molecule has 0 saturated carbocycles. The number of alkyl halides is 3. The van der Waals surface area contributed by atoms with Crippen LogP contribution >= 0.6 is 46.4 Å². The van der Waals surface area contributed by atoms with Crippen molar-refractivity contribution in [2.75, 3.05) is 11.5 Å². The minimum atomic E-state index is -1.74. The summed E-state index contributed by atoms with van der Waals surface area (Å²) < 4.78 is 8.85. The molecular weight excluding hydrogens is 476 g/mol. The third-order valence-electron chi connectivity index (χ3n) is 3.87. The summed E-state index contributed by atoms with van der Waals surface area (Å²) in [4.78, 5) is 25.2. The van der Waals surface area contributed by atoms with Gasteiger partial charge in [-0.2, -0.15) is 0 Å². The van der Waals surface area contributed by atoms with Crippen LogP contribution in [0.1, 0.15) is 19.4 Å². The molecule has 1 amide bonds. The summed E-state index contributed by atoms with van der Waals surface area (Å²) in [7, 11) is 0. The molecular formula is C20H19Cl4NO5. The zero-order valence-electron chi connectivity index (χ0n) is 16.1. The molecule has 0 heterocycles. The van der Waals surface area contributed by atoms with E-state index in [1.165, 1.54) is 18.7 Å². The van der Waals surface area contributed by atoms with Gasteiger partial charge in [-0.1, -0.05) is 58.5 Å². The lowest BCUT2D eigenvalue weighted by Crippen LogP contribution is -2.37. The number of ether oxygens (including phenoxy) is 2. The highest BCUT2D eigenvalue weighted by Gasteiger charge is 2.29. The zero-order valence-corrected chi connectivity index (χ0v) is 19.1. The van der Waals surface area contributed by atoms with E-state index in [9.17, 15) is 9.59 Å². The van der Waals surface area contributed by atoms with Crippen LogP contribution < -0.4 is 9.64 Å². The predicted molar refractivity (Wildman–Crippen MR) is 118 cm³/mol. The molecule has 0 unspecified atom stereocenters. The quantitative estimate of drug-likeness (QED) is 0.471. The number of hydrogen-bond acceptors (Lipinski definition) is 4. The number of halogens is 4. The number of carboxylic acids is 1. The normalized spacial score (nSPS) is 11.7. The van der Waals surface area contributed by atoms with Gasteiger partial charge in [0, 0.05) is 10.7 Å². The van der Waals surface area contributed by atoms with Gasteiger partial charge in [0.25, 0.3) is 0 Å². The fraction of sp³-hybridized carbons (Fsp3) is 0.300. The van der Waals surface area contributed by atoms with Crippen molar-refractivity contribution < 1.29 is 24.2 Å². The maximum absolute atomic E-state index is 12.6. The van der Waals surface area contributed by atoms with E-state index in [0.717, 1.165) is 5.56 Å². The highest BCUT2D eigenvalue weighted by molar-refractivity contribution is 6.67. The van der Waals surface area contributed by atoms with Gasteiger partial charge in [-0.15, -0.1) is 0 Å². The minimum Gasteiger partial charge on any atom is -0.478 e. The maximum atomic E-state index is 12.6. The molecule has 1 N–H and O–H groups in total. The van der Waals surface area contributed by atoms with E-state index < -0.39 is 28.1 Å². The Balaban J connectivity index is 2.20. The summed E-state index contributed by atoms with van der Waals surface area (Å²) in [5.74, 6) is -0.708. The third-order valence-corrected chi connectivity index (χ3v) is 4.45. The van der Waals surface area contributed by atoms with Crippen molar-refractivity contribution in [1.29, 1.82) is 0 Å². The van der Waals surface area contributed by atoms with Crippen LogP contribution in [0.5, 0.6) is 5.75 Å². The number of hydrogen-bond donors (Lipinski definition) is 1. The Morgan fingerprint density at radius 1 is 1.00 bits per heavy atom. The Morgan fingerprint density at radius 3 is 2.07 bits per heavy atom. The molecule has 0 fully saturated rings. The lowest BCUT2D eigenvalue weighted by atomic mass is 10.1. The summed E-state index contributed by atoms with van der Waals surface area (Å²) in [5, 5.41) is 9.68. The standard InChI is InChI=1S/C20H19Cl4NO5/c1-19(2,17(26)27)30-16-9-3-13(4-10-16)11-25(15-7-5-14(21)6-8-15)18(28)29-12-20(22,23)24/h3-10H,11-12H2,1-2H3,(H,26,27). The average Bonchev–Trinajstić information content (AvgIpc) is 2.65. The van der Waals surface area contributed by atoms with Gasteiger partial charge in [0.2, 0.25) is 3.79 Å². The van der Waals surface area contributed by atoms with Crippen molar-refractivity contribution in [3.05, 3.63) is 59.1 Å². The van der Waals surface area contributed by atoms with Crippen LogP contribution in [0.25, 0.3) is 0 Å². The molecule has 0 aliphatic rings. The van der Waals surface area contributed by atoms with Crippen molar-refractivity contribution in [2.24, 2.45) is 0 Å². The van der Waals surface area contributed by atoms with E-state index in [4.69, 9.17) is 61.0 Å². The van der Waals surface area contributed by atoms with Crippen LogP contribution in [0.3, 0.4) is 0 Å². The van der Waals surface area contributed by atoms with E-state index in [0.29, 0.717) is 16.5 Å². The number of rotatable bonds is 7. The summed E-state index contributed by atoms with van der Waals surface area (Å²) in [6.07, 6.45) is -0.712. The second kappa shape index (κ2) is 9.96. The number of amides is 1. The Bertz CT molecular complexity index is 880. The first kappa shape index (κ1) is 24.4. The molecule has 10 heteroatoms. The molecule has 0 aromatic heterocycles. The van der Waals surface area contributed by atoms with E-state index in [1.54, 1.807) is 48.5 Å². The summed E-state index contributed by atoms with van der Waals surface area (Å²) >= 11 is 22.9. The summed E-state index contributed by atoms with van der Waals surface area (Å²) in [6.45, 7) is 2.62. The monoisotopic (exact) mass is 493 g/mol. The molecule has 2 aromatic carbocycles. The Hall–Kier alpha value is -1.86. The van der Waals surface area contributed by atoms with Crippen molar-refractivity contribution in [3.8, 4) is 5.75 Å². The summed E-state index contributed by atoms with van der Waals surface area (Å²) in [5.41, 5.74) is -0.116. The molecule has 0 aliphatic heterocycles. The smallest absolute Gasteiger partial charge is 0.414 e. The van der Waals surface area contributed by atoms with Crippen LogP contribution in [-0.2, 0) is 16.1 Å². The Morgan fingerprint density at radius 2 is 1.57 bits per heavy atom. The number of benzene rings is 2. The number of nitrogens with zero attached hydrogens (tertiary/aromatic N) is 1. The van der Waals surface area contributed by atoms with Crippen LogP contribution in [0.2, 0.25) is 5.02 Å². The molecule has 0 saturated heterocycles. The third kappa shape index (κ3) is 7.43. The van der Waals surface area contributed by atoms with Crippen LogP contribution in [0.4, 0.5) is 10.5 Å². The van der Waals surface area contributed by atoms with E-state index in [-0.39, 0.29) is 6.54 Å².